The summed E-state index contributed by atoms with van der Waals surface area (Å²) in [6.07, 6.45) is 2.87. The lowest BCUT2D eigenvalue weighted by molar-refractivity contribution is 0.403. The van der Waals surface area contributed by atoms with E-state index in [0.29, 0.717) is 0 Å². The zero-order valence-electron chi connectivity index (χ0n) is 13.2. The molecular formula is C17H23N3O. The van der Waals surface area contributed by atoms with Crippen LogP contribution in [0.3, 0.4) is 0 Å². The maximum Gasteiger partial charge on any atom is 0.125 e. The summed E-state index contributed by atoms with van der Waals surface area (Å²) in [4.78, 5) is 8.76. The molecule has 1 aromatic heterocycles. The molecule has 0 fully saturated rings. The molecule has 2 aromatic rings. The molecule has 4 heteroatoms. The van der Waals surface area contributed by atoms with Crippen molar-refractivity contribution in [3.8, 4) is 5.75 Å². The summed E-state index contributed by atoms with van der Waals surface area (Å²) in [7, 11) is 1.70. The Labute approximate surface area is 126 Å². The summed E-state index contributed by atoms with van der Waals surface area (Å²) in [6, 6.07) is 8.21. The summed E-state index contributed by atoms with van der Waals surface area (Å²) in [5.41, 5.74) is 3.30. The second kappa shape index (κ2) is 7.18. The van der Waals surface area contributed by atoms with Crippen LogP contribution in [0.1, 0.15) is 42.0 Å². The summed E-state index contributed by atoms with van der Waals surface area (Å²) in [6.45, 7) is 7.08. The normalized spacial score (nSPS) is 12.2. The van der Waals surface area contributed by atoms with Crippen LogP contribution in [0.5, 0.6) is 5.75 Å². The lowest BCUT2D eigenvalue weighted by atomic mass is 10.00. The zero-order chi connectivity index (χ0) is 15.2. The Morgan fingerprint density at radius 3 is 2.71 bits per heavy atom. The molecule has 0 saturated carbocycles. The largest absolute Gasteiger partial charge is 0.496 e. The van der Waals surface area contributed by atoms with E-state index >= 15 is 0 Å². The van der Waals surface area contributed by atoms with E-state index in [1.807, 2.05) is 19.1 Å². The SMILES string of the molecule is CCCNC(c1ccnc(C)n1)c1cc(C)ccc1OC. The van der Waals surface area contributed by atoms with Gasteiger partial charge in [-0.3, -0.25) is 0 Å². The molecule has 0 spiro atoms. The molecule has 1 heterocycles. The van der Waals surface area contributed by atoms with Gasteiger partial charge in [0.1, 0.15) is 11.6 Å². The van der Waals surface area contributed by atoms with Crippen molar-refractivity contribution in [2.75, 3.05) is 13.7 Å². The van der Waals surface area contributed by atoms with Crippen LogP contribution in [0.4, 0.5) is 0 Å². The summed E-state index contributed by atoms with van der Waals surface area (Å²) in [5.74, 6) is 1.66. The highest BCUT2D eigenvalue weighted by Crippen LogP contribution is 2.30. The smallest absolute Gasteiger partial charge is 0.125 e. The second-order valence-corrected chi connectivity index (χ2v) is 5.16. The number of nitrogens with one attached hydrogen (secondary N) is 1. The number of rotatable bonds is 6. The van der Waals surface area contributed by atoms with Crippen LogP contribution in [0.25, 0.3) is 0 Å². The summed E-state index contributed by atoms with van der Waals surface area (Å²) in [5, 5.41) is 3.56. The Morgan fingerprint density at radius 1 is 1.24 bits per heavy atom. The van der Waals surface area contributed by atoms with Gasteiger partial charge in [0.25, 0.3) is 0 Å². The molecule has 0 bridgehead atoms. The lowest BCUT2D eigenvalue weighted by Crippen LogP contribution is -2.25. The summed E-state index contributed by atoms with van der Waals surface area (Å²) < 4.78 is 5.53. The third-order valence-electron chi connectivity index (χ3n) is 3.39. The Morgan fingerprint density at radius 2 is 2.05 bits per heavy atom. The molecule has 2 rings (SSSR count). The number of aromatic nitrogens is 2. The first-order chi connectivity index (χ1) is 10.2. The first-order valence-corrected chi connectivity index (χ1v) is 7.33. The molecule has 0 aliphatic carbocycles. The van der Waals surface area contributed by atoms with E-state index in [1.165, 1.54) is 5.56 Å². The van der Waals surface area contributed by atoms with Crippen LogP contribution < -0.4 is 10.1 Å². The highest BCUT2D eigenvalue weighted by atomic mass is 16.5. The van der Waals surface area contributed by atoms with Crippen LogP contribution in [-0.2, 0) is 0 Å². The van der Waals surface area contributed by atoms with Gasteiger partial charge in [0.15, 0.2) is 0 Å². The molecule has 0 amide bonds. The molecule has 1 atom stereocenters. The third-order valence-corrected chi connectivity index (χ3v) is 3.39. The van der Waals surface area contributed by atoms with Gasteiger partial charge >= 0.3 is 0 Å². The molecule has 21 heavy (non-hydrogen) atoms. The molecule has 0 radical (unpaired) electrons. The maximum absolute atomic E-state index is 5.53. The van der Waals surface area contributed by atoms with Gasteiger partial charge in [0.05, 0.1) is 18.8 Å². The molecular weight excluding hydrogens is 262 g/mol. The van der Waals surface area contributed by atoms with E-state index in [4.69, 9.17) is 4.74 Å². The van der Waals surface area contributed by atoms with Crippen molar-refractivity contribution in [1.82, 2.24) is 15.3 Å². The molecule has 4 nitrogen and oxygen atoms in total. The third kappa shape index (κ3) is 3.79. The highest BCUT2D eigenvalue weighted by Gasteiger charge is 2.19. The highest BCUT2D eigenvalue weighted by molar-refractivity contribution is 5.42. The van der Waals surface area contributed by atoms with Crippen LogP contribution in [0, 0.1) is 13.8 Å². The minimum Gasteiger partial charge on any atom is -0.496 e. The molecule has 1 unspecified atom stereocenters. The van der Waals surface area contributed by atoms with E-state index in [2.05, 4.69) is 41.3 Å². The predicted molar refractivity (Wildman–Crippen MR) is 84.6 cm³/mol. The van der Waals surface area contributed by atoms with Gasteiger partial charge in [-0.1, -0.05) is 24.6 Å². The Hall–Kier alpha value is -1.94. The number of aryl methyl sites for hydroxylation is 2. The molecule has 0 saturated heterocycles. The number of methoxy groups -OCH3 is 1. The van der Waals surface area contributed by atoms with Crippen molar-refractivity contribution in [2.24, 2.45) is 0 Å². The fourth-order valence-corrected chi connectivity index (χ4v) is 2.38. The molecule has 0 aliphatic heterocycles. The Bertz CT molecular complexity index is 598. The van der Waals surface area contributed by atoms with Gasteiger partial charge in [-0.25, -0.2) is 9.97 Å². The summed E-state index contributed by atoms with van der Waals surface area (Å²) >= 11 is 0. The minimum atomic E-state index is 0.0153. The van der Waals surface area contributed by atoms with Crippen molar-refractivity contribution < 1.29 is 4.74 Å². The number of benzene rings is 1. The second-order valence-electron chi connectivity index (χ2n) is 5.16. The van der Waals surface area contributed by atoms with Crippen LogP contribution >= 0.6 is 0 Å². The molecule has 0 aliphatic rings. The van der Waals surface area contributed by atoms with Gasteiger partial charge in [0.2, 0.25) is 0 Å². The van der Waals surface area contributed by atoms with E-state index in [0.717, 1.165) is 35.8 Å². The topological polar surface area (TPSA) is 47.0 Å². The van der Waals surface area contributed by atoms with Crippen LogP contribution in [0.2, 0.25) is 0 Å². The quantitative estimate of drug-likeness (QED) is 0.885. The fraction of sp³-hybridized carbons (Fsp3) is 0.412. The predicted octanol–water partition coefficient (Wildman–Crippen LogP) is 3.19. The number of hydrogen-bond donors (Lipinski definition) is 1. The monoisotopic (exact) mass is 285 g/mol. The zero-order valence-corrected chi connectivity index (χ0v) is 13.2. The van der Waals surface area contributed by atoms with Crippen molar-refractivity contribution in [3.05, 3.63) is 53.1 Å². The van der Waals surface area contributed by atoms with Gasteiger partial charge in [-0.05, 0) is 38.9 Å². The van der Waals surface area contributed by atoms with E-state index < -0.39 is 0 Å². The average Bonchev–Trinajstić information content (AvgIpc) is 2.48. The minimum absolute atomic E-state index is 0.0153. The number of hydrogen-bond acceptors (Lipinski definition) is 4. The maximum atomic E-state index is 5.53. The molecule has 112 valence electrons. The van der Waals surface area contributed by atoms with Crippen molar-refractivity contribution >= 4 is 0 Å². The lowest BCUT2D eigenvalue weighted by Gasteiger charge is -2.21. The average molecular weight is 285 g/mol. The Balaban J connectivity index is 2.47. The molecule has 1 aromatic carbocycles. The standard InChI is InChI=1S/C17H23N3O/c1-5-9-19-17(15-8-10-18-13(3)20-15)14-11-12(2)6-7-16(14)21-4/h6-8,10-11,17,19H,5,9H2,1-4H3. The first kappa shape index (κ1) is 15.4. The van der Waals surface area contributed by atoms with Crippen molar-refractivity contribution in [2.45, 2.75) is 33.2 Å². The van der Waals surface area contributed by atoms with Gasteiger partial charge in [-0.2, -0.15) is 0 Å². The first-order valence-electron chi connectivity index (χ1n) is 7.33. The van der Waals surface area contributed by atoms with E-state index in [9.17, 15) is 0 Å². The van der Waals surface area contributed by atoms with E-state index in [1.54, 1.807) is 13.3 Å². The molecule has 1 N–H and O–H groups in total. The fourth-order valence-electron chi connectivity index (χ4n) is 2.38. The van der Waals surface area contributed by atoms with Gasteiger partial charge in [0, 0.05) is 11.8 Å². The van der Waals surface area contributed by atoms with Crippen LogP contribution in [0.15, 0.2) is 30.5 Å². The van der Waals surface area contributed by atoms with Crippen LogP contribution in [-0.4, -0.2) is 23.6 Å². The van der Waals surface area contributed by atoms with Crippen molar-refractivity contribution in [1.29, 1.82) is 0 Å². The number of nitrogens with zero attached hydrogens (tertiary/aromatic N) is 2. The van der Waals surface area contributed by atoms with E-state index in [-0.39, 0.29) is 6.04 Å². The Kier molecular flexibility index (Phi) is 5.28. The van der Waals surface area contributed by atoms with Gasteiger partial charge < -0.3 is 10.1 Å². The number of ether oxygens (including phenoxy) is 1. The van der Waals surface area contributed by atoms with Crippen molar-refractivity contribution in [3.63, 3.8) is 0 Å². The van der Waals surface area contributed by atoms with Gasteiger partial charge in [-0.15, -0.1) is 0 Å².